The maximum Gasteiger partial charge on any atom is 0.270 e. The minimum absolute atomic E-state index is 0.108. The van der Waals surface area contributed by atoms with Gasteiger partial charge in [-0.1, -0.05) is 18.2 Å². The van der Waals surface area contributed by atoms with Gasteiger partial charge >= 0.3 is 0 Å². The van der Waals surface area contributed by atoms with Crippen LogP contribution in [0.4, 0.5) is 0 Å². The van der Waals surface area contributed by atoms with Crippen LogP contribution >= 0.6 is 0 Å². The summed E-state index contributed by atoms with van der Waals surface area (Å²) in [7, 11) is 0. The van der Waals surface area contributed by atoms with Crippen molar-refractivity contribution in [1.29, 1.82) is 0 Å². The molecule has 0 aliphatic carbocycles. The number of nitrogens with one attached hydrogen (secondary N) is 1. The molecule has 5 nitrogen and oxygen atoms in total. The first-order valence-corrected chi connectivity index (χ1v) is 10.4. The third-order valence-electron chi connectivity index (χ3n) is 6.59. The molecule has 2 atom stereocenters. The highest BCUT2D eigenvalue weighted by Gasteiger charge is 2.45. The number of para-hydroxylation sites is 1. The third-order valence-corrected chi connectivity index (χ3v) is 6.59. The molecule has 1 aromatic carbocycles. The lowest BCUT2D eigenvalue weighted by Crippen LogP contribution is -2.50. The van der Waals surface area contributed by atoms with Crippen molar-refractivity contribution in [3.63, 3.8) is 0 Å². The average Bonchev–Trinajstić information content (AvgIpc) is 3.42. The Balaban J connectivity index is 1.27. The largest absolute Gasteiger partial charge is 0.373 e. The summed E-state index contributed by atoms with van der Waals surface area (Å²) in [4.78, 5) is 21.0. The van der Waals surface area contributed by atoms with Crippen LogP contribution in [0, 0.1) is 5.92 Å². The van der Waals surface area contributed by atoms with Crippen molar-refractivity contribution in [2.75, 3.05) is 39.3 Å². The van der Waals surface area contributed by atoms with Gasteiger partial charge in [0.15, 0.2) is 0 Å². The lowest BCUT2D eigenvalue weighted by molar-refractivity contribution is -0.0451. The van der Waals surface area contributed by atoms with E-state index in [4.69, 9.17) is 4.74 Å². The van der Waals surface area contributed by atoms with Crippen molar-refractivity contribution < 1.29 is 9.53 Å². The van der Waals surface area contributed by atoms with E-state index < -0.39 is 0 Å². The maximum atomic E-state index is 13.1. The number of carbonyl (C=O) groups is 1. The van der Waals surface area contributed by atoms with Crippen molar-refractivity contribution in [1.82, 2.24) is 14.8 Å². The summed E-state index contributed by atoms with van der Waals surface area (Å²) in [5, 5.41) is 1.09. The molecular weight excluding hydrogens is 338 g/mol. The molecule has 144 valence electrons. The number of H-pyrrole nitrogens is 1. The van der Waals surface area contributed by atoms with Gasteiger partial charge in [0.2, 0.25) is 0 Å². The van der Waals surface area contributed by atoms with E-state index >= 15 is 0 Å². The van der Waals surface area contributed by atoms with Gasteiger partial charge in [-0.3, -0.25) is 4.79 Å². The molecule has 1 spiro atoms. The Morgan fingerprint density at radius 1 is 1.19 bits per heavy atom. The van der Waals surface area contributed by atoms with Crippen LogP contribution in [0.15, 0.2) is 30.3 Å². The van der Waals surface area contributed by atoms with E-state index in [2.05, 4.69) is 9.88 Å². The highest BCUT2D eigenvalue weighted by molar-refractivity contribution is 5.98. The summed E-state index contributed by atoms with van der Waals surface area (Å²) in [6.07, 6.45) is 5.89. The first-order valence-electron chi connectivity index (χ1n) is 10.4. The van der Waals surface area contributed by atoms with E-state index in [1.54, 1.807) is 0 Å². The van der Waals surface area contributed by atoms with E-state index in [9.17, 15) is 4.79 Å². The van der Waals surface area contributed by atoms with Gasteiger partial charge in [-0.25, -0.2) is 0 Å². The minimum Gasteiger partial charge on any atom is -0.373 e. The van der Waals surface area contributed by atoms with E-state index in [0.29, 0.717) is 11.6 Å². The number of rotatable bonds is 3. The van der Waals surface area contributed by atoms with Gasteiger partial charge in [0.05, 0.1) is 18.8 Å². The SMILES string of the molecule is O=C(c1cc2ccccc2[nH]1)N1CCC[C@]2(C[C@H](CN3CCCC3)CO2)C1. The molecule has 5 rings (SSSR count). The molecule has 0 unspecified atom stereocenters. The Morgan fingerprint density at radius 2 is 2.04 bits per heavy atom. The van der Waals surface area contributed by atoms with Crippen LogP contribution in [0.3, 0.4) is 0 Å². The zero-order valence-electron chi connectivity index (χ0n) is 16.0. The lowest BCUT2D eigenvalue weighted by atomic mass is 9.86. The number of nitrogens with zero attached hydrogens (tertiary/aromatic N) is 2. The van der Waals surface area contributed by atoms with Gasteiger partial charge < -0.3 is 19.5 Å². The zero-order chi connectivity index (χ0) is 18.3. The summed E-state index contributed by atoms with van der Waals surface area (Å²) < 4.78 is 6.35. The topological polar surface area (TPSA) is 48.6 Å². The normalized spacial score (nSPS) is 29.2. The van der Waals surface area contributed by atoms with Crippen LogP contribution in [0.5, 0.6) is 0 Å². The lowest BCUT2D eigenvalue weighted by Gasteiger charge is -2.39. The van der Waals surface area contributed by atoms with E-state index in [0.717, 1.165) is 56.4 Å². The molecule has 0 radical (unpaired) electrons. The maximum absolute atomic E-state index is 13.1. The Bertz CT molecular complexity index is 793. The second-order valence-corrected chi connectivity index (χ2v) is 8.67. The quantitative estimate of drug-likeness (QED) is 0.906. The van der Waals surface area contributed by atoms with E-state index in [1.807, 2.05) is 35.2 Å². The van der Waals surface area contributed by atoms with Gasteiger partial charge in [0, 0.05) is 24.0 Å². The predicted molar refractivity (Wildman–Crippen MR) is 106 cm³/mol. The van der Waals surface area contributed by atoms with Crippen LogP contribution in [0.1, 0.15) is 42.6 Å². The number of amides is 1. The summed E-state index contributed by atoms with van der Waals surface area (Å²) in [6.45, 7) is 6.07. The molecule has 3 aliphatic heterocycles. The Morgan fingerprint density at radius 3 is 2.89 bits per heavy atom. The van der Waals surface area contributed by atoms with Crippen molar-refractivity contribution in [2.45, 2.75) is 37.7 Å². The fourth-order valence-electron chi connectivity index (χ4n) is 5.30. The van der Waals surface area contributed by atoms with Gasteiger partial charge in [-0.2, -0.15) is 0 Å². The minimum atomic E-state index is -0.121. The van der Waals surface area contributed by atoms with Gasteiger partial charge in [-0.15, -0.1) is 0 Å². The van der Waals surface area contributed by atoms with Gasteiger partial charge in [-0.05, 0) is 63.2 Å². The van der Waals surface area contributed by atoms with Crippen LogP contribution in [0.2, 0.25) is 0 Å². The molecule has 1 aromatic heterocycles. The molecule has 3 saturated heterocycles. The number of hydrogen-bond acceptors (Lipinski definition) is 3. The summed E-state index contributed by atoms with van der Waals surface area (Å²) >= 11 is 0. The zero-order valence-corrected chi connectivity index (χ0v) is 16.0. The molecule has 4 heterocycles. The Hall–Kier alpha value is -1.85. The second kappa shape index (κ2) is 6.95. The molecule has 0 saturated carbocycles. The number of hydrogen-bond donors (Lipinski definition) is 1. The number of fused-ring (bicyclic) bond motifs is 1. The number of ether oxygens (including phenoxy) is 1. The predicted octanol–water partition coefficient (Wildman–Crippen LogP) is 3.28. The molecule has 1 N–H and O–H groups in total. The number of aromatic amines is 1. The van der Waals surface area contributed by atoms with Gasteiger partial charge in [0.25, 0.3) is 5.91 Å². The number of likely N-dealkylation sites (tertiary alicyclic amines) is 2. The molecule has 27 heavy (non-hydrogen) atoms. The molecule has 3 fully saturated rings. The summed E-state index contributed by atoms with van der Waals surface area (Å²) in [5.74, 6) is 0.725. The monoisotopic (exact) mass is 367 g/mol. The first-order chi connectivity index (χ1) is 13.2. The first kappa shape index (κ1) is 17.3. The highest BCUT2D eigenvalue weighted by Crippen LogP contribution is 2.38. The van der Waals surface area contributed by atoms with Crippen LogP contribution in [-0.4, -0.2) is 65.6 Å². The molecular formula is C22H29N3O2. The average molecular weight is 367 g/mol. The van der Waals surface area contributed by atoms with Crippen molar-refractivity contribution >= 4 is 16.8 Å². The van der Waals surface area contributed by atoms with Crippen LogP contribution in [-0.2, 0) is 4.74 Å². The van der Waals surface area contributed by atoms with Crippen molar-refractivity contribution in [2.24, 2.45) is 5.92 Å². The number of aromatic nitrogens is 1. The Labute approximate surface area is 160 Å². The standard InChI is InChI=1S/C22H29N3O2/c26-21(20-12-18-6-1-2-7-19(18)23-20)25-11-5-8-22(16-25)13-17(15-27-22)14-24-9-3-4-10-24/h1-2,6-7,12,17,23H,3-5,8-11,13-16H2/t17-,22+/m1/s1. The third kappa shape index (κ3) is 3.39. The fourth-order valence-corrected chi connectivity index (χ4v) is 5.30. The van der Waals surface area contributed by atoms with E-state index in [1.165, 1.54) is 25.9 Å². The molecule has 3 aliphatic rings. The van der Waals surface area contributed by atoms with Crippen molar-refractivity contribution in [3.8, 4) is 0 Å². The molecule has 1 amide bonds. The summed E-state index contributed by atoms with van der Waals surface area (Å²) in [5.41, 5.74) is 1.60. The van der Waals surface area contributed by atoms with Crippen LogP contribution < -0.4 is 0 Å². The number of carbonyl (C=O) groups excluding carboxylic acids is 1. The molecule has 5 heteroatoms. The molecule has 0 bridgehead atoms. The second-order valence-electron chi connectivity index (χ2n) is 8.67. The van der Waals surface area contributed by atoms with Crippen LogP contribution in [0.25, 0.3) is 10.9 Å². The van der Waals surface area contributed by atoms with E-state index in [-0.39, 0.29) is 11.5 Å². The fraction of sp³-hybridized carbons (Fsp3) is 0.591. The van der Waals surface area contributed by atoms with Gasteiger partial charge in [0.1, 0.15) is 5.69 Å². The summed E-state index contributed by atoms with van der Waals surface area (Å²) in [6, 6.07) is 10.0. The number of piperidine rings is 1. The van der Waals surface area contributed by atoms with Crippen molar-refractivity contribution in [3.05, 3.63) is 36.0 Å². The Kier molecular flexibility index (Phi) is 4.44. The molecule has 2 aromatic rings. The highest BCUT2D eigenvalue weighted by atomic mass is 16.5. The smallest absolute Gasteiger partial charge is 0.270 e. The number of benzene rings is 1.